The van der Waals surface area contributed by atoms with Crippen LogP contribution in [-0.4, -0.2) is 11.8 Å². The van der Waals surface area contributed by atoms with Crippen LogP contribution >= 0.6 is 23.4 Å². The van der Waals surface area contributed by atoms with Crippen LogP contribution in [0.5, 0.6) is 0 Å². The Labute approximate surface area is 101 Å². The summed E-state index contributed by atoms with van der Waals surface area (Å²) >= 11 is 7.92. The van der Waals surface area contributed by atoms with Crippen molar-refractivity contribution in [3.05, 3.63) is 34.3 Å². The van der Waals surface area contributed by atoms with E-state index in [9.17, 15) is 0 Å². The highest BCUT2D eigenvalue weighted by Crippen LogP contribution is 2.22. The van der Waals surface area contributed by atoms with Crippen molar-refractivity contribution in [2.45, 2.75) is 31.3 Å². The second-order valence-corrected chi connectivity index (χ2v) is 5.62. The molecule has 0 heterocycles. The second kappa shape index (κ2) is 6.41. The summed E-state index contributed by atoms with van der Waals surface area (Å²) in [6.45, 7) is 5.04. The van der Waals surface area contributed by atoms with Crippen LogP contribution in [-0.2, 0) is 5.75 Å². The Morgan fingerprint density at radius 2 is 2.20 bits per heavy atom. The topological polar surface area (TPSA) is 26.0 Å². The number of aryl methyl sites for hydroxylation is 1. The van der Waals surface area contributed by atoms with E-state index in [-0.39, 0.29) is 0 Å². The maximum atomic E-state index is 5.97. The first-order chi connectivity index (χ1) is 7.13. The first-order valence-electron chi connectivity index (χ1n) is 5.20. The molecule has 0 aliphatic heterocycles. The van der Waals surface area contributed by atoms with E-state index in [0.29, 0.717) is 5.25 Å². The van der Waals surface area contributed by atoms with Crippen LogP contribution in [0.15, 0.2) is 18.2 Å². The van der Waals surface area contributed by atoms with Gasteiger partial charge in [-0.1, -0.05) is 30.7 Å². The minimum atomic E-state index is 0.631. The number of halogens is 1. The van der Waals surface area contributed by atoms with Gasteiger partial charge in [0.2, 0.25) is 0 Å². The lowest BCUT2D eigenvalue weighted by atomic mass is 10.2. The van der Waals surface area contributed by atoms with Gasteiger partial charge < -0.3 is 5.73 Å². The lowest BCUT2D eigenvalue weighted by Gasteiger charge is -2.10. The molecule has 0 aromatic heterocycles. The van der Waals surface area contributed by atoms with Crippen molar-refractivity contribution < 1.29 is 0 Å². The molecule has 1 atom stereocenters. The monoisotopic (exact) mass is 243 g/mol. The van der Waals surface area contributed by atoms with Gasteiger partial charge in [-0.05, 0) is 37.1 Å². The zero-order chi connectivity index (χ0) is 11.3. The molecule has 0 amide bonds. The summed E-state index contributed by atoms with van der Waals surface area (Å²) in [4.78, 5) is 0. The van der Waals surface area contributed by atoms with E-state index in [1.165, 1.54) is 5.56 Å². The van der Waals surface area contributed by atoms with Crippen molar-refractivity contribution in [2.24, 2.45) is 5.73 Å². The molecule has 0 saturated heterocycles. The fraction of sp³-hybridized carbons (Fsp3) is 0.500. The lowest BCUT2D eigenvalue weighted by Crippen LogP contribution is -2.07. The molecule has 1 rings (SSSR count). The summed E-state index contributed by atoms with van der Waals surface area (Å²) in [5, 5.41) is 1.48. The van der Waals surface area contributed by atoms with Gasteiger partial charge >= 0.3 is 0 Å². The van der Waals surface area contributed by atoms with Gasteiger partial charge in [0.05, 0.1) is 0 Å². The van der Waals surface area contributed by atoms with Crippen LogP contribution in [0, 0.1) is 6.92 Å². The smallest absolute Gasteiger partial charge is 0.0435 e. The summed E-state index contributed by atoms with van der Waals surface area (Å²) in [5.41, 5.74) is 8.00. The SMILES string of the molecule is Cc1cc(CSC(C)CCN)ccc1Cl. The Morgan fingerprint density at radius 3 is 2.80 bits per heavy atom. The van der Waals surface area contributed by atoms with Crippen LogP contribution in [0.3, 0.4) is 0 Å². The molecule has 0 aliphatic carbocycles. The highest BCUT2D eigenvalue weighted by Gasteiger charge is 2.03. The molecule has 0 saturated carbocycles. The van der Waals surface area contributed by atoms with Gasteiger partial charge in [0.25, 0.3) is 0 Å². The molecule has 15 heavy (non-hydrogen) atoms. The van der Waals surface area contributed by atoms with E-state index in [1.54, 1.807) is 0 Å². The van der Waals surface area contributed by atoms with Gasteiger partial charge in [-0.3, -0.25) is 0 Å². The Morgan fingerprint density at radius 1 is 1.47 bits per heavy atom. The molecule has 0 fully saturated rings. The van der Waals surface area contributed by atoms with Crippen molar-refractivity contribution >= 4 is 23.4 Å². The summed E-state index contributed by atoms with van der Waals surface area (Å²) in [7, 11) is 0. The van der Waals surface area contributed by atoms with E-state index in [4.69, 9.17) is 17.3 Å². The Kier molecular flexibility index (Phi) is 5.51. The highest BCUT2D eigenvalue weighted by atomic mass is 35.5. The average Bonchev–Trinajstić information content (AvgIpc) is 2.20. The molecule has 1 aromatic rings. The van der Waals surface area contributed by atoms with Crippen LogP contribution in [0.2, 0.25) is 5.02 Å². The first kappa shape index (κ1) is 12.9. The van der Waals surface area contributed by atoms with Crippen molar-refractivity contribution in [1.82, 2.24) is 0 Å². The summed E-state index contributed by atoms with van der Waals surface area (Å²) in [6, 6.07) is 6.22. The maximum Gasteiger partial charge on any atom is 0.0435 e. The van der Waals surface area contributed by atoms with E-state index in [2.05, 4.69) is 19.1 Å². The largest absolute Gasteiger partial charge is 0.330 e. The lowest BCUT2D eigenvalue weighted by molar-refractivity contribution is 0.823. The van der Waals surface area contributed by atoms with Crippen LogP contribution in [0.1, 0.15) is 24.5 Å². The third-order valence-electron chi connectivity index (χ3n) is 2.33. The molecule has 1 nitrogen and oxygen atoms in total. The number of hydrogen-bond acceptors (Lipinski definition) is 2. The standard InChI is InChI=1S/C12H18ClNS/c1-9-7-11(3-4-12(9)13)8-15-10(2)5-6-14/h3-4,7,10H,5-6,8,14H2,1-2H3. The van der Waals surface area contributed by atoms with Crippen LogP contribution < -0.4 is 5.73 Å². The van der Waals surface area contributed by atoms with Crippen molar-refractivity contribution in [3.8, 4) is 0 Å². The fourth-order valence-corrected chi connectivity index (χ4v) is 2.43. The van der Waals surface area contributed by atoms with Crippen molar-refractivity contribution in [2.75, 3.05) is 6.54 Å². The molecule has 2 N–H and O–H groups in total. The zero-order valence-electron chi connectivity index (χ0n) is 9.29. The molecule has 0 aliphatic rings. The number of benzene rings is 1. The van der Waals surface area contributed by atoms with E-state index in [0.717, 1.165) is 29.3 Å². The Bertz CT molecular complexity index is 314. The van der Waals surface area contributed by atoms with Crippen molar-refractivity contribution in [1.29, 1.82) is 0 Å². The molecule has 1 aromatic carbocycles. The van der Waals surface area contributed by atoms with E-state index >= 15 is 0 Å². The minimum Gasteiger partial charge on any atom is -0.330 e. The van der Waals surface area contributed by atoms with Crippen LogP contribution in [0.4, 0.5) is 0 Å². The molecule has 0 radical (unpaired) electrons. The average molecular weight is 244 g/mol. The molecule has 0 bridgehead atoms. The summed E-state index contributed by atoms with van der Waals surface area (Å²) in [6.07, 6.45) is 1.08. The van der Waals surface area contributed by atoms with Gasteiger partial charge in [-0.15, -0.1) is 0 Å². The normalized spacial score (nSPS) is 12.8. The number of nitrogens with two attached hydrogens (primary N) is 1. The summed E-state index contributed by atoms with van der Waals surface area (Å²) in [5.74, 6) is 1.04. The predicted octanol–water partition coefficient (Wildman–Crippen LogP) is 3.62. The van der Waals surface area contributed by atoms with Gasteiger partial charge in [0.15, 0.2) is 0 Å². The third-order valence-corrected chi connectivity index (χ3v) is 4.06. The molecular formula is C12H18ClNS. The molecule has 84 valence electrons. The van der Waals surface area contributed by atoms with Gasteiger partial charge in [-0.2, -0.15) is 11.8 Å². The number of hydrogen-bond donors (Lipinski definition) is 1. The quantitative estimate of drug-likeness (QED) is 0.855. The molecule has 0 spiro atoms. The van der Waals surface area contributed by atoms with Gasteiger partial charge in [-0.25, -0.2) is 0 Å². The zero-order valence-corrected chi connectivity index (χ0v) is 10.9. The molecular weight excluding hydrogens is 226 g/mol. The number of thioether (sulfide) groups is 1. The van der Waals surface area contributed by atoms with Crippen molar-refractivity contribution in [3.63, 3.8) is 0 Å². The van der Waals surface area contributed by atoms with Crippen LogP contribution in [0.25, 0.3) is 0 Å². The Hall–Kier alpha value is -0.180. The van der Waals surface area contributed by atoms with E-state index < -0.39 is 0 Å². The van der Waals surface area contributed by atoms with E-state index in [1.807, 2.05) is 24.8 Å². The number of rotatable bonds is 5. The highest BCUT2D eigenvalue weighted by molar-refractivity contribution is 7.99. The second-order valence-electron chi connectivity index (χ2n) is 3.78. The molecule has 3 heteroatoms. The fourth-order valence-electron chi connectivity index (χ4n) is 1.35. The first-order valence-corrected chi connectivity index (χ1v) is 6.63. The van der Waals surface area contributed by atoms with Gasteiger partial charge in [0.1, 0.15) is 0 Å². The summed E-state index contributed by atoms with van der Waals surface area (Å²) < 4.78 is 0. The maximum absolute atomic E-state index is 5.97. The minimum absolute atomic E-state index is 0.631. The van der Waals surface area contributed by atoms with Gasteiger partial charge in [0, 0.05) is 16.0 Å². The predicted molar refractivity (Wildman–Crippen MR) is 70.6 cm³/mol. The Balaban J connectivity index is 2.47. The molecule has 1 unspecified atom stereocenters. The third kappa shape index (κ3) is 4.45.